The largest absolute Gasteiger partial charge is 0.375 e. The molecule has 0 amide bonds. The summed E-state index contributed by atoms with van der Waals surface area (Å²) in [5, 5.41) is 0. The highest BCUT2D eigenvalue weighted by atomic mass is 16.6. The molecule has 3 nitrogen and oxygen atoms in total. The number of hydrogen-bond acceptors (Lipinski definition) is 2. The van der Waals surface area contributed by atoms with Gasteiger partial charge in [0.2, 0.25) is 0 Å². The third kappa shape index (κ3) is 3.96. The zero-order valence-corrected chi connectivity index (χ0v) is 15.0. The fourth-order valence-electron chi connectivity index (χ4n) is 4.30. The van der Waals surface area contributed by atoms with Gasteiger partial charge in [-0.3, -0.25) is 0 Å². The van der Waals surface area contributed by atoms with Gasteiger partial charge >= 0.3 is 0 Å². The number of rotatable bonds is 4. The van der Waals surface area contributed by atoms with Crippen molar-refractivity contribution >= 4 is 0 Å². The summed E-state index contributed by atoms with van der Waals surface area (Å²) in [6.45, 7) is 2.41. The van der Waals surface area contributed by atoms with Crippen LogP contribution in [0.5, 0.6) is 0 Å². The van der Waals surface area contributed by atoms with Crippen LogP contribution >= 0.6 is 0 Å². The van der Waals surface area contributed by atoms with Gasteiger partial charge in [0, 0.05) is 0 Å². The highest BCUT2D eigenvalue weighted by Gasteiger charge is 2.47. The molecule has 3 rings (SSSR count). The lowest BCUT2D eigenvalue weighted by Gasteiger charge is -2.48. The van der Waals surface area contributed by atoms with Crippen molar-refractivity contribution in [3.8, 4) is 0 Å². The summed E-state index contributed by atoms with van der Waals surface area (Å²) in [4.78, 5) is 0. The molecule has 3 heteroatoms. The molecule has 0 N–H and O–H groups in total. The van der Waals surface area contributed by atoms with Crippen molar-refractivity contribution in [1.29, 1.82) is 0 Å². The first kappa shape index (κ1) is 16.9. The van der Waals surface area contributed by atoms with Gasteiger partial charge in [-0.15, -0.1) is 0 Å². The molecule has 0 spiro atoms. The third-order valence-electron chi connectivity index (χ3n) is 5.28. The van der Waals surface area contributed by atoms with Crippen LogP contribution in [0, 0.1) is 5.92 Å². The summed E-state index contributed by atoms with van der Waals surface area (Å²) >= 11 is 0. The Morgan fingerprint density at radius 1 is 1.04 bits per heavy atom. The molecular weight excluding hydrogens is 286 g/mol. The minimum Gasteiger partial charge on any atom is -0.375 e. The van der Waals surface area contributed by atoms with Crippen LogP contribution in [0.25, 0.3) is 0 Å². The molecular formula is C20H32NO2+. The summed E-state index contributed by atoms with van der Waals surface area (Å²) in [6.07, 6.45) is 6.70. The fourth-order valence-corrected chi connectivity index (χ4v) is 4.30. The van der Waals surface area contributed by atoms with Gasteiger partial charge in [0.25, 0.3) is 0 Å². The van der Waals surface area contributed by atoms with E-state index in [9.17, 15) is 0 Å². The van der Waals surface area contributed by atoms with Crippen LogP contribution in [0.4, 0.5) is 0 Å². The molecule has 0 bridgehead atoms. The summed E-state index contributed by atoms with van der Waals surface area (Å²) < 4.78 is 13.9. The number of ether oxygens (including phenoxy) is 2. The lowest BCUT2D eigenvalue weighted by atomic mass is 9.73. The minimum absolute atomic E-state index is 0.172. The molecule has 1 aromatic rings. The van der Waals surface area contributed by atoms with E-state index in [1.807, 2.05) is 0 Å². The lowest BCUT2D eigenvalue weighted by Crippen LogP contribution is -2.55. The van der Waals surface area contributed by atoms with Gasteiger partial charge in [-0.05, 0) is 24.3 Å². The van der Waals surface area contributed by atoms with Gasteiger partial charge in [-0.1, -0.05) is 49.6 Å². The van der Waals surface area contributed by atoms with Crippen molar-refractivity contribution < 1.29 is 14.0 Å². The van der Waals surface area contributed by atoms with E-state index in [1.54, 1.807) is 0 Å². The molecule has 0 aromatic heterocycles. The molecule has 0 unspecified atom stereocenters. The van der Waals surface area contributed by atoms with Crippen molar-refractivity contribution in [2.75, 3.05) is 40.9 Å². The number of benzene rings is 1. The summed E-state index contributed by atoms with van der Waals surface area (Å²) in [5.41, 5.74) is 1.05. The van der Waals surface area contributed by atoms with Crippen LogP contribution in [-0.4, -0.2) is 51.5 Å². The third-order valence-corrected chi connectivity index (χ3v) is 5.28. The van der Waals surface area contributed by atoms with E-state index in [-0.39, 0.29) is 11.7 Å². The van der Waals surface area contributed by atoms with Crippen LogP contribution in [0.2, 0.25) is 0 Å². The van der Waals surface area contributed by atoms with Gasteiger partial charge in [-0.25, -0.2) is 0 Å². The maximum absolute atomic E-state index is 6.84. The van der Waals surface area contributed by atoms with Crippen molar-refractivity contribution in [3.05, 3.63) is 35.9 Å². The second-order valence-corrected chi connectivity index (χ2v) is 8.32. The van der Waals surface area contributed by atoms with Crippen LogP contribution in [0.1, 0.15) is 37.7 Å². The first-order chi connectivity index (χ1) is 11.0. The van der Waals surface area contributed by atoms with Gasteiger partial charge < -0.3 is 14.0 Å². The number of quaternary nitrogens is 1. The number of nitrogens with zero attached hydrogens (tertiary/aromatic N) is 1. The smallest absolute Gasteiger partial charge is 0.131 e. The normalized spacial score (nSPS) is 30.3. The Bertz CT molecular complexity index is 490. The molecule has 128 valence electrons. The summed E-state index contributed by atoms with van der Waals surface area (Å²) in [7, 11) is 6.67. The fraction of sp³-hybridized carbons (Fsp3) is 0.700. The SMILES string of the molecule is C[N+](C)(C)C[C@@H]1COC[C@](c2ccccc2)(C2CCCCC2)O1. The molecule has 1 heterocycles. The van der Waals surface area contributed by atoms with E-state index in [0.717, 1.165) is 17.6 Å². The molecule has 0 radical (unpaired) electrons. The van der Waals surface area contributed by atoms with E-state index in [2.05, 4.69) is 51.5 Å². The monoisotopic (exact) mass is 318 g/mol. The molecule has 1 aliphatic heterocycles. The minimum atomic E-state index is -0.250. The standard InChI is InChI=1S/C20H32NO2/c1-21(2,3)14-19-15-22-16-20(23-19,17-10-6-4-7-11-17)18-12-8-5-9-13-18/h4,6-7,10-11,18-19H,5,8-9,12-16H2,1-3H3/q+1/t19-,20+/m1/s1. The quantitative estimate of drug-likeness (QED) is 0.790. The van der Waals surface area contributed by atoms with Crippen LogP contribution in [-0.2, 0) is 15.1 Å². The van der Waals surface area contributed by atoms with Gasteiger partial charge in [0.05, 0.1) is 34.4 Å². The van der Waals surface area contributed by atoms with Crippen molar-refractivity contribution in [2.45, 2.75) is 43.8 Å². The van der Waals surface area contributed by atoms with Crippen molar-refractivity contribution in [1.82, 2.24) is 0 Å². The molecule has 2 aliphatic rings. The molecule has 2 fully saturated rings. The molecule has 2 atom stereocenters. The second kappa shape index (κ2) is 6.92. The molecule has 1 saturated heterocycles. The molecule has 1 saturated carbocycles. The zero-order chi connectivity index (χ0) is 16.3. The van der Waals surface area contributed by atoms with Crippen LogP contribution in [0.15, 0.2) is 30.3 Å². The number of likely N-dealkylation sites (N-methyl/N-ethyl adjacent to an activating group) is 1. The van der Waals surface area contributed by atoms with E-state index in [0.29, 0.717) is 12.5 Å². The Morgan fingerprint density at radius 2 is 1.74 bits per heavy atom. The van der Waals surface area contributed by atoms with Gasteiger partial charge in [-0.2, -0.15) is 0 Å². The predicted molar refractivity (Wildman–Crippen MR) is 93.3 cm³/mol. The molecule has 1 aromatic carbocycles. The molecule has 23 heavy (non-hydrogen) atoms. The first-order valence-electron chi connectivity index (χ1n) is 9.11. The Morgan fingerprint density at radius 3 is 2.39 bits per heavy atom. The first-order valence-corrected chi connectivity index (χ1v) is 9.11. The van der Waals surface area contributed by atoms with E-state index in [4.69, 9.17) is 9.47 Å². The highest BCUT2D eigenvalue weighted by Crippen LogP contribution is 2.44. The van der Waals surface area contributed by atoms with E-state index < -0.39 is 0 Å². The van der Waals surface area contributed by atoms with E-state index in [1.165, 1.54) is 37.7 Å². The Labute approximate surface area is 141 Å². The van der Waals surface area contributed by atoms with Gasteiger partial charge in [0.15, 0.2) is 0 Å². The van der Waals surface area contributed by atoms with E-state index >= 15 is 0 Å². The van der Waals surface area contributed by atoms with Gasteiger partial charge in [0.1, 0.15) is 18.2 Å². The second-order valence-electron chi connectivity index (χ2n) is 8.32. The Hall–Kier alpha value is -0.900. The highest BCUT2D eigenvalue weighted by molar-refractivity contribution is 5.25. The topological polar surface area (TPSA) is 18.5 Å². The Balaban J connectivity index is 1.88. The van der Waals surface area contributed by atoms with Crippen LogP contribution in [0.3, 0.4) is 0 Å². The lowest BCUT2D eigenvalue weighted by molar-refractivity contribution is -0.874. The maximum Gasteiger partial charge on any atom is 0.131 e. The Kier molecular flexibility index (Phi) is 5.10. The average molecular weight is 318 g/mol. The number of hydrogen-bond donors (Lipinski definition) is 0. The van der Waals surface area contributed by atoms with Crippen molar-refractivity contribution in [2.24, 2.45) is 5.92 Å². The summed E-state index contributed by atoms with van der Waals surface area (Å²) in [5.74, 6) is 0.578. The average Bonchev–Trinajstić information content (AvgIpc) is 2.55. The van der Waals surface area contributed by atoms with Crippen LogP contribution < -0.4 is 0 Å². The zero-order valence-electron chi connectivity index (χ0n) is 15.0. The predicted octanol–water partition coefficient (Wildman–Crippen LogP) is 3.58. The van der Waals surface area contributed by atoms with Crippen molar-refractivity contribution in [3.63, 3.8) is 0 Å². The maximum atomic E-state index is 6.84. The summed E-state index contributed by atoms with van der Waals surface area (Å²) in [6, 6.07) is 10.8. The molecule has 1 aliphatic carbocycles.